The molecular weight excluding hydrogens is 359 g/mol. The molecule has 124 valence electrons. The molecule has 0 aliphatic rings. The molecule has 0 saturated heterocycles. The minimum atomic E-state index is -3.06. The average Bonchev–Trinajstić information content (AvgIpc) is 2.72. The number of carboxylic acid groups (broad SMARTS) is 1. The van der Waals surface area contributed by atoms with E-state index in [9.17, 15) is 18.4 Å². The van der Waals surface area contributed by atoms with Gasteiger partial charge in [-0.3, -0.25) is 0 Å². The maximum atomic E-state index is 12.8. The summed E-state index contributed by atoms with van der Waals surface area (Å²) in [6, 6.07) is 2.34. The predicted octanol–water partition coefficient (Wildman–Crippen LogP) is 2.51. The summed E-state index contributed by atoms with van der Waals surface area (Å²) < 4.78 is 31.5. The number of nitrogens with zero attached hydrogens (tertiary/aromatic N) is 3. The average molecular weight is 368 g/mol. The lowest BCUT2D eigenvalue weighted by atomic mass is 10.3. The monoisotopic (exact) mass is 367 g/mol. The number of aryl methyl sites for hydroxylation is 1. The molecule has 0 unspecified atom stereocenters. The Morgan fingerprint density at radius 2 is 2.04 bits per heavy atom. The maximum absolute atomic E-state index is 12.8. The highest BCUT2D eigenvalue weighted by Crippen LogP contribution is 2.32. The predicted molar refractivity (Wildman–Crippen MR) is 77.0 cm³/mol. The van der Waals surface area contributed by atoms with E-state index < -0.39 is 24.8 Å². The van der Waals surface area contributed by atoms with Crippen LogP contribution in [0.1, 0.15) is 12.4 Å². The summed E-state index contributed by atoms with van der Waals surface area (Å²) >= 11 is 11.8. The van der Waals surface area contributed by atoms with Gasteiger partial charge in [0.1, 0.15) is 11.6 Å². The largest absolute Gasteiger partial charge is 0.480 e. The Balaban J connectivity index is 2.56. The van der Waals surface area contributed by atoms with Crippen molar-refractivity contribution in [3.05, 3.63) is 38.5 Å². The summed E-state index contributed by atoms with van der Waals surface area (Å²) in [5.41, 5.74) is -1.17. The van der Waals surface area contributed by atoms with Crippen molar-refractivity contribution in [3.8, 4) is 11.4 Å². The van der Waals surface area contributed by atoms with Gasteiger partial charge in [-0.1, -0.05) is 23.2 Å². The quantitative estimate of drug-likeness (QED) is 0.877. The zero-order chi connectivity index (χ0) is 17.3. The Labute approximate surface area is 137 Å². The van der Waals surface area contributed by atoms with Gasteiger partial charge in [-0.2, -0.15) is 13.5 Å². The van der Waals surface area contributed by atoms with Crippen LogP contribution < -0.4 is 10.4 Å². The molecule has 1 heterocycles. The third-order valence-corrected chi connectivity index (χ3v) is 3.35. The van der Waals surface area contributed by atoms with E-state index in [0.717, 1.165) is 6.07 Å². The molecule has 0 radical (unpaired) electrons. The number of hydrogen-bond acceptors (Lipinski definition) is 4. The van der Waals surface area contributed by atoms with Crippen LogP contribution in [0, 0.1) is 6.92 Å². The molecule has 0 aliphatic carbocycles. The van der Waals surface area contributed by atoms with E-state index in [4.69, 9.17) is 33.0 Å². The Kier molecular flexibility index (Phi) is 4.90. The van der Waals surface area contributed by atoms with Gasteiger partial charge in [0, 0.05) is 6.07 Å². The molecule has 1 aromatic heterocycles. The zero-order valence-electron chi connectivity index (χ0n) is 11.5. The van der Waals surface area contributed by atoms with Gasteiger partial charge in [0.15, 0.2) is 6.61 Å². The van der Waals surface area contributed by atoms with Crippen molar-refractivity contribution in [3.63, 3.8) is 0 Å². The molecule has 2 rings (SSSR count). The SMILES string of the molecule is Cc1nn(-c2cc(OCC(=O)O)c(Cl)cc2Cl)c(=O)n1C(F)F. The highest BCUT2D eigenvalue weighted by Gasteiger charge is 2.21. The van der Waals surface area contributed by atoms with Crippen LogP contribution in [-0.2, 0) is 4.79 Å². The molecule has 0 aliphatic heterocycles. The number of benzene rings is 1. The minimum absolute atomic E-state index is 0.00179. The van der Waals surface area contributed by atoms with E-state index in [2.05, 4.69) is 5.10 Å². The standard InChI is InChI=1S/C12H9Cl2F2N3O4/c1-5-17-19(12(22)18(5)11(15)16)8-3-9(23-4-10(20)21)7(14)2-6(8)13/h2-3,11H,4H2,1H3,(H,20,21). The van der Waals surface area contributed by atoms with Gasteiger partial charge >= 0.3 is 18.2 Å². The summed E-state index contributed by atoms with van der Waals surface area (Å²) in [7, 11) is 0. The molecule has 1 aromatic carbocycles. The minimum Gasteiger partial charge on any atom is -0.480 e. The lowest BCUT2D eigenvalue weighted by molar-refractivity contribution is -0.139. The molecule has 0 atom stereocenters. The molecule has 23 heavy (non-hydrogen) atoms. The van der Waals surface area contributed by atoms with Gasteiger partial charge in [0.2, 0.25) is 0 Å². The highest BCUT2D eigenvalue weighted by atomic mass is 35.5. The topological polar surface area (TPSA) is 86.4 Å². The van der Waals surface area contributed by atoms with Crippen LogP contribution in [0.15, 0.2) is 16.9 Å². The van der Waals surface area contributed by atoms with Crippen LogP contribution in [0.3, 0.4) is 0 Å². The normalized spacial score (nSPS) is 11.0. The molecule has 7 nitrogen and oxygen atoms in total. The molecule has 0 fully saturated rings. The molecule has 0 amide bonds. The van der Waals surface area contributed by atoms with Gasteiger partial charge < -0.3 is 9.84 Å². The number of carboxylic acids is 1. The molecule has 0 spiro atoms. The second-order valence-electron chi connectivity index (χ2n) is 4.31. The van der Waals surface area contributed by atoms with E-state index in [1.807, 2.05) is 0 Å². The first-order chi connectivity index (χ1) is 10.7. The van der Waals surface area contributed by atoms with Gasteiger partial charge in [-0.25, -0.2) is 14.2 Å². The van der Waals surface area contributed by atoms with Gasteiger partial charge in [0.25, 0.3) is 0 Å². The van der Waals surface area contributed by atoms with Crippen molar-refractivity contribution in [2.45, 2.75) is 13.5 Å². The third kappa shape index (κ3) is 3.45. The van der Waals surface area contributed by atoms with Crippen LogP contribution in [0.5, 0.6) is 5.75 Å². The van der Waals surface area contributed by atoms with Crippen LogP contribution >= 0.6 is 23.2 Å². The highest BCUT2D eigenvalue weighted by molar-refractivity contribution is 6.36. The zero-order valence-corrected chi connectivity index (χ0v) is 13.0. The number of aromatic nitrogens is 3. The Morgan fingerprint density at radius 1 is 1.39 bits per heavy atom. The van der Waals surface area contributed by atoms with Crippen molar-refractivity contribution < 1.29 is 23.4 Å². The number of ether oxygens (including phenoxy) is 1. The maximum Gasteiger partial charge on any atom is 0.355 e. The fourth-order valence-corrected chi connectivity index (χ4v) is 2.31. The summed E-state index contributed by atoms with van der Waals surface area (Å²) in [6.45, 7) is -2.51. The lowest BCUT2D eigenvalue weighted by Gasteiger charge is -2.09. The smallest absolute Gasteiger partial charge is 0.355 e. The molecule has 2 aromatic rings. The van der Waals surface area contributed by atoms with Crippen molar-refractivity contribution >= 4 is 29.2 Å². The lowest BCUT2D eigenvalue weighted by Crippen LogP contribution is -2.25. The van der Waals surface area contributed by atoms with E-state index in [1.165, 1.54) is 13.0 Å². The number of rotatable bonds is 5. The molecular formula is C12H9Cl2F2N3O4. The first kappa shape index (κ1) is 17.2. The Bertz CT molecular complexity index is 819. The second-order valence-corrected chi connectivity index (χ2v) is 5.12. The van der Waals surface area contributed by atoms with E-state index in [-0.39, 0.29) is 31.9 Å². The number of halogens is 4. The third-order valence-electron chi connectivity index (χ3n) is 2.76. The fraction of sp³-hybridized carbons (Fsp3) is 0.250. The first-order valence-corrected chi connectivity index (χ1v) is 6.78. The van der Waals surface area contributed by atoms with Crippen molar-refractivity contribution in [1.82, 2.24) is 14.3 Å². The Morgan fingerprint density at radius 3 is 2.57 bits per heavy atom. The Hall–Kier alpha value is -2.13. The van der Waals surface area contributed by atoms with Crippen molar-refractivity contribution in [1.29, 1.82) is 0 Å². The summed E-state index contributed by atoms with van der Waals surface area (Å²) in [4.78, 5) is 22.5. The van der Waals surface area contributed by atoms with E-state index >= 15 is 0 Å². The molecule has 0 saturated carbocycles. The van der Waals surface area contributed by atoms with Gasteiger partial charge in [0.05, 0.1) is 15.7 Å². The van der Waals surface area contributed by atoms with E-state index in [0.29, 0.717) is 4.68 Å². The summed E-state index contributed by atoms with van der Waals surface area (Å²) in [5, 5.41) is 12.3. The number of alkyl halides is 2. The van der Waals surface area contributed by atoms with Crippen LogP contribution in [0.25, 0.3) is 5.69 Å². The molecule has 11 heteroatoms. The van der Waals surface area contributed by atoms with Crippen LogP contribution in [0.4, 0.5) is 8.78 Å². The summed E-state index contributed by atoms with van der Waals surface area (Å²) in [5.74, 6) is -1.54. The van der Waals surface area contributed by atoms with E-state index in [1.54, 1.807) is 0 Å². The van der Waals surface area contributed by atoms with Crippen molar-refractivity contribution in [2.24, 2.45) is 0 Å². The van der Waals surface area contributed by atoms with Crippen molar-refractivity contribution in [2.75, 3.05) is 6.61 Å². The second kappa shape index (κ2) is 6.55. The molecule has 1 N–H and O–H groups in total. The van der Waals surface area contributed by atoms with Gasteiger partial charge in [-0.15, -0.1) is 5.10 Å². The van der Waals surface area contributed by atoms with Crippen LogP contribution in [-0.4, -0.2) is 32.0 Å². The summed E-state index contributed by atoms with van der Waals surface area (Å²) in [6.07, 6.45) is 0. The number of hydrogen-bond donors (Lipinski definition) is 1. The fourth-order valence-electron chi connectivity index (χ4n) is 1.79. The first-order valence-electron chi connectivity index (χ1n) is 6.02. The number of carbonyl (C=O) groups is 1. The molecule has 0 bridgehead atoms. The van der Waals surface area contributed by atoms with Crippen LogP contribution in [0.2, 0.25) is 10.0 Å². The van der Waals surface area contributed by atoms with Gasteiger partial charge in [-0.05, 0) is 13.0 Å². The number of aliphatic carboxylic acids is 1.